The lowest BCUT2D eigenvalue weighted by molar-refractivity contribution is -0.112. The van der Waals surface area contributed by atoms with E-state index in [2.05, 4.69) is 0 Å². The molecule has 0 aromatic rings. The molecular weight excluding hydrogens is 132 g/mol. The zero-order valence-electron chi connectivity index (χ0n) is 5.99. The van der Waals surface area contributed by atoms with Crippen molar-refractivity contribution in [1.29, 1.82) is 0 Å². The van der Waals surface area contributed by atoms with Crippen molar-refractivity contribution in [3.05, 3.63) is 0 Å². The molecule has 3 heteroatoms. The molecule has 3 nitrogen and oxygen atoms in total. The molecule has 0 aromatic carbocycles. The first-order valence-corrected chi connectivity index (χ1v) is 3.72. The van der Waals surface area contributed by atoms with E-state index >= 15 is 0 Å². The largest absolute Gasteiger partial charge is 0.390 e. The van der Waals surface area contributed by atoms with Crippen LogP contribution in [0.2, 0.25) is 0 Å². The van der Waals surface area contributed by atoms with Gasteiger partial charge in [0.25, 0.3) is 0 Å². The van der Waals surface area contributed by atoms with E-state index in [1.165, 1.54) is 0 Å². The van der Waals surface area contributed by atoms with Crippen molar-refractivity contribution < 1.29 is 14.6 Å². The number of fused-ring (bicyclic) bond motifs is 1. The highest BCUT2D eigenvalue weighted by atomic mass is 16.7. The van der Waals surface area contributed by atoms with E-state index in [0.717, 1.165) is 6.42 Å². The van der Waals surface area contributed by atoms with Crippen molar-refractivity contribution in [3.8, 4) is 0 Å². The minimum Gasteiger partial charge on any atom is -0.390 e. The average molecular weight is 144 g/mol. The molecule has 1 N–H and O–H groups in total. The molecular formula is C7H12O3. The van der Waals surface area contributed by atoms with Gasteiger partial charge >= 0.3 is 0 Å². The highest BCUT2D eigenvalue weighted by molar-refractivity contribution is 4.85. The predicted molar refractivity (Wildman–Crippen MR) is 34.4 cm³/mol. The smallest absolute Gasteiger partial charge is 0.163 e. The van der Waals surface area contributed by atoms with Gasteiger partial charge in [0.15, 0.2) is 6.29 Å². The van der Waals surface area contributed by atoms with Gasteiger partial charge in [-0.3, -0.25) is 0 Å². The number of aliphatic hydroxyl groups is 1. The second-order valence-electron chi connectivity index (χ2n) is 3.12. The summed E-state index contributed by atoms with van der Waals surface area (Å²) in [5.41, 5.74) is 0. The third-order valence-corrected chi connectivity index (χ3v) is 2.25. The first-order chi connectivity index (χ1) is 4.77. The minimum atomic E-state index is -0.296. The summed E-state index contributed by atoms with van der Waals surface area (Å²) in [6.07, 6.45) is 0.774. The second-order valence-corrected chi connectivity index (χ2v) is 3.12. The number of rotatable bonds is 0. The molecule has 0 aliphatic carbocycles. The van der Waals surface area contributed by atoms with Gasteiger partial charge in [-0.1, -0.05) is 0 Å². The highest BCUT2D eigenvalue weighted by Gasteiger charge is 2.43. The molecule has 2 fully saturated rings. The molecule has 0 saturated carbocycles. The molecule has 58 valence electrons. The Morgan fingerprint density at radius 3 is 3.00 bits per heavy atom. The second kappa shape index (κ2) is 2.19. The third-order valence-electron chi connectivity index (χ3n) is 2.25. The Hall–Kier alpha value is -0.120. The fourth-order valence-corrected chi connectivity index (χ4v) is 1.70. The standard InChI is InChI=1S/C7H12O3/c1-4-2-5-6(8)3-9-7(5)10-4/h4-8H,2-3H2,1H3/t4-,5+,6+,7+/m1/s1. The molecule has 0 radical (unpaired) electrons. The summed E-state index contributed by atoms with van der Waals surface area (Å²) in [6, 6.07) is 0. The first kappa shape index (κ1) is 6.58. The van der Waals surface area contributed by atoms with Gasteiger partial charge in [0.05, 0.1) is 18.8 Å². The monoisotopic (exact) mass is 144 g/mol. The zero-order valence-corrected chi connectivity index (χ0v) is 5.99. The third kappa shape index (κ3) is 0.856. The molecule has 0 amide bonds. The van der Waals surface area contributed by atoms with Crippen LogP contribution in [0.1, 0.15) is 13.3 Å². The number of ether oxygens (including phenoxy) is 2. The molecule has 10 heavy (non-hydrogen) atoms. The van der Waals surface area contributed by atoms with Crippen LogP contribution < -0.4 is 0 Å². The Kier molecular flexibility index (Phi) is 1.44. The lowest BCUT2D eigenvalue weighted by atomic mass is 10.0. The van der Waals surface area contributed by atoms with E-state index in [1.807, 2.05) is 6.92 Å². The molecule has 2 aliphatic heterocycles. The maximum absolute atomic E-state index is 9.31. The molecule has 2 aliphatic rings. The van der Waals surface area contributed by atoms with E-state index in [1.54, 1.807) is 0 Å². The van der Waals surface area contributed by atoms with Gasteiger partial charge in [-0.15, -0.1) is 0 Å². The van der Waals surface area contributed by atoms with Crippen molar-refractivity contribution in [3.63, 3.8) is 0 Å². The summed E-state index contributed by atoms with van der Waals surface area (Å²) < 4.78 is 10.6. The van der Waals surface area contributed by atoms with Crippen LogP contribution in [0, 0.1) is 5.92 Å². The van der Waals surface area contributed by atoms with Crippen molar-refractivity contribution in [2.24, 2.45) is 5.92 Å². The molecule has 0 aromatic heterocycles. The van der Waals surface area contributed by atoms with Crippen molar-refractivity contribution in [1.82, 2.24) is 0 Å². The fraction of sp³-hybridized carbons (Fsp3) is 1.00. The Morgan fingerprint density at radius 1 is 1.50 bits per heavy atom. The van der Waals surface area contributed by atoms with Crippen molar-refractivity contribution >= 4 is 0 Å². The Morgan fingerprint density at radius 2 is 2.30 bits per heavy atom. The van der Waals surface area contributed by atoms with Gasteiger partial charge in [0.1, 0.15) is 0 Å². The van der Waals surface area contributed by atoms with Gasteiger partial charge in [-0.25, -0.2) is 0 Å². The quantitative estimate of drug-likeness (QED) is 0.525. The van der Waals surface area contributed by atoms with Crippen LogP contribution in [-0.4, -0.2) is 30.2 Å². The predicted octanol–water partition coefficient (Wildman–Crippen LogP) is 0.129. The number of hydrogen-bond acceptors (Lipinski definition) is 3. The SMILES string of the molecule is C[C@@H]1C[C@@H]2[C@@H](OC[C@@H]2O)O1. The highest BCUT2D eigenvalue weighted by Crippen LogP contribution is 2.34. The van der Waals surface area contributed by atoms with Crippen LogP contribution in [0.25, 0.3) is 0 Å². The van der Waals surface area contributed by atoms with Crippen LogP contribution in [0.4, 0.5) is 0 Å². The van der Waals surface area contributed by atoms with E-state index in [0.29, 0.717) is 6.61 Å². The van der Waals surface area contributed by atoms with Crippen LogP contribution >= 0.6 is 0 Å². The van der Waals surface area contributed by atoms with Crippen LogP contribution in [-0.2, 0) is 9.47 Å². The molecule has 2 saturated heterocycles. The zero-order chi connectivity index (χ0) is 7.14. The summed E-state index contributed by atoms with van der Waals surface area (Å²) in [7, 11) is 0. The molecule has 2 heterocycles. The van der Waals surface area contributed by atoms with E-state index in [-0.39, 0.29) is 24.4 Å². The Labute approximate surface area is 59.9 Å². The number of aliphatic hydroxyl groups excluding tert-OH is 1. The molecule has 0 spiro atoms. The summed E-state index contributed by atoms with van der Waals surface area (Å²) >= 11 is 0. The van der Waals surface area contributed by atoms with Gasteiger partial charge in [-0.05, 0) is 13.3 Å². The Balaban J connectivity index is 2.05. The lowest BCUT2D eigenvalue weighted by Crippen LogP contribution is -2.18. The average Bonchev–Trinajstić information content (AvgIpc) is 2.35. The first-order valence-electron chi connectivity index (χ1n) is 3.72. The Bertz CT molecular complexity index is 137. The summed E-state index contributed by atoms with van der Waals surface area (Å²) in [4.78, 5) is 0. The van der Waals surface area contributed by atoms with E-state index < -0.39 is 0 Å². The fourth-order valence-electron chi connectivity index (χ4n) is 1.70. The number of hydrogen-bond donors (Lipinski definition) is 1. The molecule has 0 unspecified atom stereocenters. The molecule has 4 atom stereocenters. The van der Waals surface area contributed by atoms with E-state index in [4.69, 9.17) is 9.47 Å². The normalized spacial score (nSPS) is 53.4. The molecule has 0 bridgehead atoms. The van der Waals surface area contributed by atoms with Crippen molar-refractivity contribution in [2.75, 3.05) is 6.61 Å². The maximum atomic E-state index is 9.31. The summed E-state index contributed by atoms with van der Waals surface area (Å²) in [5, 5.41) is 9.31. The molecule has 2 rings (SSSR count). The van der Waals surface area contributed by atoms with Crippen LogP contribution in [0.5, 0.6) is 0 Å². The maximum Gasteiger partial charge on any atom is 0.163 e. The summed E-state index contributed by atoms with van der Waals surface area (Å²) in [5.74, 6) is 0.231. The van der Waals surface area contributed by atoms with Gasteiger partial charge in [-0.2, -0.15) is 0 Å². The van der Waals surface area contributed by atoms with Gasteiger partial charge in [0, 0.05) is 5.92 Å². The van der Waals surface area contributed by atoms with E-state index in [9.17, 15) is 5.11 Å². The lowest BCUT2D eigenvalue weighted by Gasteiger charge is -2.06. The van der Waals surface area contributed by atoms with Crippen molar-refractivity contribution in [2.45, 2.75) is 31.8 Å². The topological polar surface area (TPSA) is 38.7 Å². The van der Waals surface area contributed by atoms with Gasteiger partial charge in [0.2, 0.25) is 0 Å². The van der Waals surface area contributed by atoms with Crippen LogP contribution in [0.15, 0.2) is 0 Å². The van der Waals surface area contributed by atoms with Crippen LogP contribution in [0.3, 0.4) is 0 Å². The van der Waals surface area contributed by atoms with Gasteiger partial charge < -0.3 is 14.6 Å². The minimum absolute atomic E-state index is 0.120. The summed E-state index contributed by atoms with van der Waals surface area (Å²) in [6.45, 7) is 2.45.